The quantitative estimate of drug-likeness (QED) is 0.222. The number of furan rings is 2. The molecule has 0 aliphatic heterocycles. The molecule has 5 rings (SSSR count). The zero-order valence-electron chi connectivity index (χ0n) is 20.4. The summed E-state index contributed by atoms with van der Waals surface area (Å²) in [6.07, 6.45) is 2.09. The minimum atomic E-state index is -1.24. The summed E-state index contributed by atoms with van der Waals surface area (Å²) in [4.78, 5) is 46.5. The Morgan fingerprint density at radius 1 is 0.949 bits per heavy atom. The molecule has 0 bridgehead atoms. The molecule has 11 heteroatoms. The van der Waals surface area contributed by atoms with E-state index in [0.717, 1.165) is 0 Å². The third kappa shape index (κ3) is 5.36. The number of hydrogen-bond acceptors (Lipinski definition) is 8. The van der Waals surface area contributed by atoms with Crippen molar-refractivity contribution in [3.8, 4) is 22.9 Å². The first-order valence-electron chi connectivity index (χ1n) is 11.8. The first-order valence-corrected chi connectivity index (χ1v) is 12.2. The van der Waals surface area contributed by atoms with E-state index >= 15 is 0 Å². The van der Waals surface area contributed by atoms with Crippen LogP contribution in [0, 0.1) is 0 Å². The third-order valence-electron chi connectivity index (χ3n) is 5.79. The van der Waals surface area contributed by atoms with Gasteiger partial charge in [0.2, 0.25) is 0 Å². The van der Waals surface area contributed by atoms with Gasteiger partial charge in [-0.15, -0.1) is 0 Å². The number of halogens is 1. The number of aromatic carboxylic acids is 1. The van der Waals surface area contributed by atoms with E-state index in [1.807, 2.05) is 0 Å². The molecule has 0 saturated heterocycles. The summed E-state index contributed by atoms with van der Waals surface area (Å²) in [6.45, 7) is 1.68. The lowest BCUT2D eigenvalue weighted by Crippen LogP contribution is -2.32. The summed E-state index contributed by atoms with van der Waals surface area (Å²) in [5.74, 6) is -1.61. The SMILES string of the molecule is CCC(OC(=O)c1ccc2nc(-c3ccco3)c(-c3ccco3)nc2c1)C(=O)Nc1ccc(Cl)c(C(=O)O)c1. The molecule has 0 aliphatic rings. The molecule has 39 heavy (non-hydrogen) atoms. The summed E-state index contributed by atoms with van der Waals surface area (Å²) in [5.41, 5.74) is 2.03. The van der Waals surface area contributed by atoms with Crippen LogP contribution in [0.2, 0.25) is 5.02 Å². The number of aromatic nitrogens is 2. The second-order valence-corrected chi connectivity index (χ2v) is 8.78. The van der Waals surface area contributed by atoms with Crippen molar-refractivity contribution in [2.24, 2.45) is 0 Å². The van der Waals surface area contributed by atoms with Crippen molar-refractivity contribution in [1.82, 2.24) is 9.97 Å². The van der Waals surface area contributed by atoms with Gasteiger partial charge in [0, 0.05) is 5.69 Å². The van der Waals surface area contributed by atoms with Gasteiger partial charge in [-0.1, -0.05) is 18.5 Å². The number of fused-ring (bicyclic) bond motifs is 1. The van der Waals surface area contributed by atoms with Crippen LogP contribution in [0.5, 0.6) is 0 Å². The second kappa shape index (κ2) is 10.8. The number of esters is 1. The molecular formula is C28H20ClN3O7. The zero-order valence-corrected chi connectivity index (χ0v) is 21.1. The van der Waals surface area contributed by atoms with Crippen LogP contribution in [-0.4, -0.2) is 39.0 Å². The molecule has 3 heterocycles. The maximum absolute atomic E-state index is 13.0. The number of carbonyl (C=O) groups is 3. The van der Waals surface area contributed by atoms with Gasteiger partial charge in [-0.2, -0.15) is 0 Å². The number of hydrogen-bond donors (Lipinski definition) is 2. The summed E-state index contributed by atoms with van der Waals surface area (Å²) in [7, 11) is 0. The van der Waals surface area contributed by atoms with Gasteiger partial charge in [0.05, 0.1) is 39.7 Å². The van der Waals surface area contributed by atoms with Gasteiger partial charge in [0.15, 0.2) is 17.6 Å². The smallest absolute Gasteiger partial charge is 0.338 e. The van der Waals surface area contributed by atoms with Gasteiger partial charge in [-0.05, 0) is 67.1 Å². The minimum Gasteiger partial charge on any atom is -0.478 e. The molecule has 1 amide bonds. The van der Waals surface area contributed by atoms with E-state index in [4.69, 9.17) is 25.2 Å². The maximum Gasteiger partial charge on any atom is 0.338 e. The summed E-state index contributed by atoms with van der Waals surface area (Å²) < 4.78 is 16.5. The van der Waals surface area contributed by atoms with Crippen LogP contribution < -0.4 is 5.32 Å². The Labute approximate surface area is 226 Å². The van der Waals surface area contributed by atoms with Crippen LogP contribution in [0.3, 0.4) is 0 Å². The molecule has 0 aliphatic carbocycles. The predicted octanol–water partition coefficient (Wildman–Crippen LogP) is 6.08. The second-order valence-electron chi connectivity index (χ2n) is 8.37. The Balaban J connectivity index is 1.39. The molecule has 196 valence electrons. The highest BCUT2D eigenvalue weighted by atomic mass is 35.5. The van der Waals surface area contributed by atoms with Gasteiger partial charge in [-0.25, -0.2) is 19.6 Å². The van der Waals surface area contributed by atoms with Crippen molar-refractivity contribution in [2.75, 3.05) is 5.32 Å². The van der Waals surface area contributed by atoms with E-state index in [-0.39, 0.29) is 28.3 Å². The van der Waals surface area contributed by atoms with Crippen LogP contribution in [0.1, 0.15) is 34.1 Å². The first kappa shape index (κ1) is 25.7. The molecule has 3 aromatic heterocycles. The molecule has 0 radical (unpaired) electrons. The van der Waals surface area contributed by atoms with Gasteiger partial charge in [0.25, 0.3) is 5.91 Å². The van der Waals surface area contributed by atoms with Gasteiger partial charge >= 0.3 is 11.9 Å². The number of rotatable bonds is 8. The van der Waals surface area contributed by atoms with Gasteiger partial charge < -0.3 is 24.0 Å². The fourth-order valence-electron chi connectivity index (χ4n) is 3.86. The van der Waals surface area contributed by atoms with E-state index in [9.17, 15) is 19.5 Å². The van der Waals surface area contributed by atoms with Crippen LogP contribution >= 0.6 is 11.6 Å². The Morgan fingerprint density at radius 3 is 2.21 bits per heavy atom. The molecule has 1 unspecified atom stereocenters. The number of ether oxygens (including phenoxy) is 1. The molecule has 0 spiro atoms. The van der Waals surface area contributed by atoms with Crippen molar-refractivity contribution >= 4 is 46.2 Å². The predicted molar refractivity (Wildman–Crippen MR) is 141 cm³/mol. The number of carboxylic acid groups (broad SMARTS) is 1. The van der Waals surface area contributed by atoms with Crippen molar-refractivity contribution in [3.63, 3.8) is 0 Å². The molecular weight excluding hydrogens is 526 g/mol. The number of carbonyl (C=O) groups excluding carboxylic acids is 2. The Kier molecular flexibility index (Phi) is 7.11. The van der Waals surface area contributed by atoms with Crippen molar-refractivity contribution in [1.29, 1.82) is 0 Å². The van der Waals surface area contributed by atoms with E-state index in [1.165, 1.54) is 42.9 Å². The Morgan fingerprint density at radius 2 is 1.62 bits per heavy atom. The van der Waals surface area contributed by atoms with Crippen LogP contribution in [-0.2, 0) is 9.53 Å². The molecule has 0 saturated carbocycles. The van der Waals surface area contributed by atoms with Crippen LogP contribution in [0.4, 0.5) is 5.69 Å². The van der Waals surface area contributed by atoms with Gasteiger partial charge in [-0.3, -0.25) is 4.79 Å². The minimum absolute atomic E-state index is 0.0323. The topological polar surface area (TPSA) is 145 Å². The number of nitrogens with zero attached hydrogens (tertiary/aromatic N) is 2. The molecule has 5 aromatic rings. The van der Waals surface area contributed by atoms with E-state index < -0.39 is 23.9 Å². The standard InChI is InChI=1S/C28H20ClN3O7/c1-2-21(26(33)30-16-8-9-18(29)17(14-16)27(34)35)39-28(36)15-7-10-19-20(13-15)32-25(23-6-4-12-38-23)24(31-19)22-5-3-11-37-22/h3-14,21H,2H2,1H3,(H,30,33)(H,34,35). The molecule has 1 atom stereocenters. The zero-order chi connectivity index (χ0) is 27.5. The average molecular weight is 546 g/mol. The molecule has 2 aromatic carbocycles. The fourth-order valence-corrected chi connectivity index (χ4v) is 4.06. The summed E-state index contributed by atoms with van der Waals surface area (Å²) >= 11 is 5.89. The largest absolute Gasteiger partial charge is 0.478 e. The van der Waals surface area contributed by atoms with E-state index in [0.29, 0.717) is 33.9 Å². The number of nitrogens with one attached hydrogen (secondary N) is 1. The van der Waals surface area contributed by atoms with Crippen LogP contribution in [0.15, 0.2) is 82.0 Å². The van der Waals surface area contributed by atoms with Gasteiger partial charge in [0.1, 0.15) is 11.4 Å². The lowest BCUT2D eigenvalue weighted by molar-refractivity contribution is -0.124. The lowest BCUT2D eigenvalue weighted by Gasteiger charge is -2.16. The maximum atomic E-state index is 13.0. The molecule has 2 N–H and O–H groups in total. The lowest BCUT2D eigenvalue weighted by atomic mass is 10.1. The van der Waals surface area contributed by atoms with Crippen molar-refractivity contribution in [3.05, 3.63) is 89.3 Å². The third-order valence-corrected chi connectivity index (χ3v) is 6.12. The summed E-state index contributed by atoms with van der Waals surface area (Å²) in [6, 6.07) is 15.7. The highest BCUT2D eigenvalue weighted by Gasteiger charge is 2.24. The first-order chi connectivity index (χ1) is 18.8. The van der Waals surface area contributed by atoms with E-state index in [2.05, 4.69) is 15.3 Å². The average Bonchev–Trinajstić information content (AvgIpc) is 3.66. The van der Waals surface area contributed by atoms with Crippen molar-refractivity contribution < 1.29 is 33.1 Å². The van der Waals surface area contributed by atoms with E-state index in [1.54, 1.807) is 37.3 Å². The van der Waals surface area contributed by atoms with Crippen molar-refractivity contribution in [2.45, 2.75) is 19.4 Å². The highest BCUT2D eigenvalue weighted by molar-refractivity contribution is 6.33. The number of carboxylic acids is 1. The molecule has 0 fully saturated rings. The highest BCUT2D eigenvalue weighted by Crippen LogP contribution is 2.32. The summed E-state index contributed by atoms with van der Waals surface area (Å²) in [5, 5.41) is 11.8. The monoisotopic (exact) mass is 545 g/mol. The normalized spacial score (nSPS) is 11.7. The number of benzene rings is 2. The number of amides is 1. The fraction of sp³-hybridized carbons (Fsp3) is 0.107. The molecule has 10 nitrogen and oxygen atoms in total. The Bertz CT molecular complexity index is 1680. The Hall–Kier alpha value is -4.96. The number of anilines is 1. The van der Waals surface area contributed by atoms with Crippen LogP contribution in [0.25, 0.3) is 33.9 Å².